The van der Waals surface area contributed by atoms with Crippen LogP contribution in [-0.4, -0.2) is 60.9 Å². The van der Waals surface area contributed by atoms with Crippen LogP contribution in [0.4, 0.5) is 5.82 Å². The van der Waals surface area contributed by atoms with Gasteiger partial charge >= 0.3 is 5.97 Å². The van der Waals surface area contributed by atoms with E-state index in [9.17, 15) is 9.90 Å². The Morgan fingerprint density at radius 1 is 1.58 bits per heavy atom. The van der Waals surface area contributed by atoms with E-state index in [0.29, 0.717) is 17.9 Å². The summed E-state index contributed by atoms with van der Waals surface area (Å²) < 4.78 is 4.68. The highest BCUT2D eigenvalue weighted by Gasteiger charge is 2.22. The van der Waals surface area contributed by atoms with Crippen LogP contribution in [0.15, 0.2) is 18.3 Å². The summed E-state index contributed by atoms with van der Waals surface area (Å²) in [6, 6.07) is 3.29. The third-order valence-electron chi connectivity index (χ3n) is 2.51. The van der Waals surface area contributed by atoms with Gasteiger partial charge in [-0.05, 0) is 33.2 Å². The Morgan fingerprint density at radius 3 is 2.84 bits per heavy atom. The molecule has 2 N–H and O–H groups in total. The summed E-state index contributed by atoms with van der Waals surface area (Å²) in [5, 5.41) is 13.2. The number of esters is 1. The summed E-state index contributed by atoms with van der Waals surface area (Å²) >= 11 is 0. The molecule has 0 saturated carbocycles. The predicted molar refractivity (Wildman–Crippen MR) is 73.2 cm³/mol. The lowest BCUT2D eigenvalue weighted by molar-refractivity contribution is 0.0456. The van der Waals surface area contributed by atoms with E-state index in [1.54, 1.807) is 25.3 Å². The third-order valence-corrected chi connectivity index (χ3v) is 2.51. The first-order valence-corrected chi connectivity index (χ1v) is 6.00. The number of nitrogens with zero attached hydrogens (tertiary/aromatic N) is 2. The number of hydrogen-bond donors (Lipinski definition) is 2. The Morgan fingerprint density at radius 2 is 2.26 bits per heavy atom. The maximum atomic E-state index is 11.6. The van der Waals surface area contributed by atoms with E-state index in [4.69, 9.17) is 0 Å². The molecule has 1 atom stereocenters. The average molecular weight is 267 g/mol. The van der Waals surface area contributed by atoms with Crippen LogP contribution >= 0.6 is 0 Å². The Balaban J connectivity index is 2.75. The summed E-state index contributed by atoms with van der Waals surface area (Å²) in [6.07, 6.45) is 1.58. The number of likely N-dealkylation sites (N-methyl/N-ethyl adjacent to an activating group) is 1. The number of methoxy groups -OCH3 is 1. The zero-order chi connectivity index (χ0) is 14.5. The molecule has 6 nitrogen and oxygen atoms in total. The number of carbonyl (C=O) groups is 1. The summed E-state index contributed by atoms with van der Waals surface area (Å²) in [5.74, 6) is -0.0452. The van der Waals surface area contributed by atoms with E-state index in [1.807, 2.05) is 19.0 Å². The lowest BCUT2D eigenvalue weighted by Crippen LogP contribution is -2.43. The van der Waals surface area contributed by atoms with Gasteiger partial charge in [0.25, 0.3) is 0 Å². The highest BCUT2D eigenvalue weighted by molar-refractivity contribution is 5.94. The molecule has 0 fully saturated rings. The van der Waals surface area contributed by atoms with E-state index in [2.05, 4.69) is 15.0 Å². The van der Waals surface area contributed by atoms with Crippen molar-refractivity contribution in [1.29, 1.82) is 0 Å². The Hall–Kier alpha value is -1.66. The van der Waals surface area contributed by atoms with Gasteiger partial charge in [-0.15, -0.1) is 0 Å². The molecule has 19 heavy (non-hydrogen) atoms. The second-order valence-electron chi connectivity index (χ2n) is 4.98. The van der Waals surface area contributed by atoms with Crippen molar-refractivity contribution in [2.75, 3.05) is 39.6 Å². The molecule has 0 spiro atoms. The van der Waals surface area contributed by atoms with Crippen molar-refractivity contribution in [2.45, 2.75) is 12.5 Å². The molecule has 0 aromatic carbocycles. The van der Waals surface area contributed by atoms with Gasteiger partial charge in [0.2, 0.25) is 0 Å². The molecule has 1 heterocycles. The minimum Gasteiger partial charge on any atom is -0.465 e. The number of anilines is 1. The number of rotatable bonds is 6. The highest BCUT2D eigenvalue weighted by Crippen LogP contribution is 2.14. The maximum absolute atomic E-state index is 11.6. The predicted octanol–water partition coefficient (Wildman–Crippen LogP) is 0.593. The smallest absolute Gasteiger partial charge is 0.341 e. The van der Waals surface area contributed by atoms with E-state index < -0.39 is 11.6 Å². The molecule has 0 bridgehead atoms. The lowest BCUT2D eigenvalue weighted by Gasteiger charge is -2.27. The molecule has 0 saturated heterocycles. The van der Waals surface area contributed by atoms with Crippen LogP contribution in [0.25, 0.3) is 0 Å². The fourth-order valence-electron chi connectivity index (χ4n) is 1.83. The van der Waals surface area contributed by atoms with Crippen LogP contribution < -0.4 is 5.32 Å². The number of aliphatic hydroxyl groups is 1. The van der Waals surface area contributed by atoms with E-state index in [-0.39, 0.29) is 6.54 Å². The number of aromatic nitrogens is 1. The minimum atomic E-state index is -0.922. The Bertz CT molecular complexity index is 433. The van der Waals surface area contributed by atoms with Crippen molar-refractivity contribution in [3.63, 3.8) is 0 Å². The molecule has 106 valence electrons. The normalized spacial score (nSPS) is 14.0. The van der Waals surface area contributed by atoms with Crippen molar-refractivity contribution in [3.8, 4) is 0 Å². The standard InChI is InChI=1S/C13H21N3O3/c1-13(18,9-16(2)3)8-15-11-10(12(17)19-4)6-5-7-14-11/h5-7,18H,8-9H2,1-4H3,(H,14,15). The molecular weight excluding hydrogens is 246 g/mol. The molecular formula is C13H21N3O3. The van der Waals surface area contributed by atoms with Crippen LogP contribution in [-0.2, 0) is 4.74 Å². The largest absolute Gasteiger partial charge is 0.465 e. The summed E-state index contributed by atoms with van der Waals surface area (Å²) in [4.78, 5) is 17.5. The fourth-order valence-corrected chi connectivity index (χ4v) is 1.83. The SMILES string of the molecule is COC(=O)c1cccnc1NCC(C)(O)CN(C)C. The van der Waals surface area contributed by atoms with Crippen LogP contribution in [0.3, 0.4) is 0 Å². The summed E-state index contributed by atoms with van der Waals surface area (Å²) in [6.45, 7) is 2.51. The Labute approximate surface area is 113 Å². The highest BCUT2D eigenvalue weighted by atomic mass is 16.5. The van der Waals surface area contributed by atoms with Crippen molar-refractivity contribution in [1.82, 2.24) is 9.88 Å². The van der Waals surface area contributed by atoms with Gasteiger partial charge in [0.15, 0.2) is 0 Å². The van der Waals surface area contributed by atoms with Gasteiger partial charge in [0.05, 0.1) is 12.7 Å². The first kappa shape index (κ1) is 15.4. The first-order valence-electron chi connectivity index (χ1n) is 6.00. The molecule has 0 aliphatic rings. The molecule has 0 amide bonds. The van der Waals surface area contributed by atoms with Gasteiger partial charge in [0.1, 0.15) is 11.4 Å². The minimum absolute atomic E-state index is 0.284. The molecule has 0 aliphatic heterocycles. The molecule has 0 aliphatic carbocycles. The van der Waals surface area contributed by atoms with Crippen molar-refractivity contribution in [3.05, 3.63) is 23.9 Å². The first-order chi connectivity index (χ1) is 8.85. The molecule has 1 aromatic heterocycles. The number of nitrogens with one attached hydrogen (secondary N) is 1. The quantitative estimate of drug-likeness (QED) is 0.735. The maximum Gasteiger partial charge on any atom is 0.341 e. The zero-order valence-corrected chi connectivity index (χ0v) is 11.8. The molecule has 6 heteroatoms. The molecule has 1 rings (SSSR count). The number of carbonyl (C=O) groups excluding carboxylic acids is 1. The molecule has 1 aromatic rings. The van der Waals surface area contributed by atoms with E-state index in [1.165, 1.54) is 7.11 Å². The van der Waals surface area contributed by atoms with Crippen molar-refractivity contribution in [2.24, 2.45) is 0 Å². The van der Waals surface area contributed by atoms with Crippen LogP contribution in [0, 0.1) is 0 Å². The van der Waals surface area contributed by atoms with Gasteiger partial charge in [-0.1, -0.05) is 0 Å². The monoisotopic (exact) mass is 267 g/mol. The topological polar surface area (TPSA) is 74.7 Å². The van der Waals surface area contributed by atoms with E-state index >= 15 is 0 Å². The van der Waals surface area contributed by atoms with Crippen molar-refractivity contribution >= 4 is 11.8 Å². The second-order valence-corrected chi connectivity index (χ2v) is 4.98. The molecule has 0 radical (unpaired) electrons. The van der Waals surface area contributed by atoms with Crippen LogP contribution in [0.2, 0.25) is 0 Å². The van der Waals surface area contributed by atoms with Gasteiger partial charge in [-0.25, -0.2) is 9.78 Å². The molecule has 1 unspecified atom stereocenters. The van der Waals surface area contributed by atoms with Gasteiger partial charge in [-0.2, -0.15) is 0 Å². The lowest BCUT2D eigenvalue weighted by atomic mass is 10.1. The van der Waals surface area contributed by atoms with E-state index in [0.717, 1.165) is 0 Å². The number of hydrogen-bond acceptors (Lipinski definition) is 6. The van der Waals surface area contributed by atoms with Crippen LogP contribution in [0.1, 0.15) is 17.3 Å². The Kier molecular flexibility index (Phi) is 5.26. The van der Waals surface area contributed by atoms with Gasteiger partial charge in [-0.3, -0.25) is 0 Å². The summed E-state index contributed by atoms with van der Waals surface area (Å²) in [7, 11) is 5.09. The average Bonchev–Trinajstić information content (AvgIpc) is 2.34. The zero-order valence-electron chi connectivity index (χ0n) is 11.8. The number of ether oxygens (including phenoxy) is 1. The number of pyridine rings is 1. The van der Waals surface area contributed by atoms with Gasteiger partial charge < -0.3 is 20.1 Å². The van der Waals surface area contributed by atoms with Crippen LogP contribution in [0.5, 0.6) is 0 Å². The van der Waals surface area contributed by atoms with Gasteiger partial charge in [0, 0.05) is 19.3 Å². The van der Waals surface area contributed by atoms with Crippen molar-refractivity contribution < 1.29 is 14.6 Å². The third kappa shape index (κ3) is 4.84. The summed E-state index contributed by atoms with van der Waals surface area (Å²) in [5.41, 5.74) is -0.570. The second kappa shape index (κ2) is 6.49. The fraction of sp³-hybridized carbons (Fsp3) is 0.538.